The second kappa shape index (κ2) is 7.86. The molecule has 3 rings (SSSR count). The molecule has 0 aliphatic carbocycles. The van der Waals surface area contributed by atoms with Crippen LogP contribution in [0.2, 0.25) is 0 Å². The number of carbonyl (C=O) groups is 2. The summed E-state index contributed by atoms with van der Waals surface area (Å²) < 4.78 is 22.3. The van der Waals surface area contributed by atoms with Gasteiger partial charge in [0, 0.05) is 6.42 Å². The Bertz CT molecular complexity index is 792. The SMILES string of the molecule is CCOC(=O)C1=C(C)OC2(CC1)CC(C(=O)OCc1ccccc1)=C(C)O2. The Morgan fingerprint density at radius 2 is 1.63 bits per heavy atom. The number of carbonyl (C=O) groups excluding carboxylic acids is 2. The first-order chi connectivity index (χ1) is 12.9. The lowest BCUT2D eigenvalue weighted by Gasteiger charge is -2.35. The molecule has 1 spiro atoms. The highest BCUT2D eigenvalue weighted by molar-refractivity contribution is 5.90. The van der Waals surface area contributed by atoms with E-state index in [0.29, 0.717) is 48.5 Å². The van der Waals surface area contributed by atoms with E-state index in [0.717, 1.165) is 5.56 Å². The molecule has 1 aromatic carbocycles. The van der Waals surface area contributed by atoms with Crippen molar-refractivity contribution in [3.63, 3.8) is 0 Å². The van der Waals surface area contributed by atoms with Gasteiger partial charge in [-0.3, -0.25) is 0 Å². The van der Waals surface area contributed by atoms with E-state index in [-0.39, 0.29) is 12.6 Å². The smallest absolute Gasteiger partial charge is 0.338 e. The molecule has 0 radical (unpaired) electrons. The number of hydrogen-bond acceptors (Lipinski definition) is 6. The molecule has 1 aromatic rings. The van der Waals surface area contributed by atoms with Crippen LogP contribution in [0.1, 0.15) is 45.6 Å². The summed E-state index contributed by atoms with van der Waals surface area (Å²) in [4.78, 5) is 24.5. The van der Waals surface area contributed by atoms with Crippen LogP contribution in [-0.4, -0.2) is 24.3 Å². The number of ether oxygens (including phenoxy) is 4. The van der Waals surface area contributed by atoms with E-state index in [2.05, 4.69) is 0 Å². The second-order valence-corrected chi connectivity index (χ2v) is 6.64. The van der Waals surface area contributed by atoms with Crippen LogP contribution in [0.25, 0.3) is 0 Å². The highest BCUT2D eigenvalue weighted by atomic mass is 16.7. The summed E-state index contributed by atoms with van der Waals surface area (Å²) >= 11 is 0. The zero-order valence-corrected chi connectivity index (χ0v) is 15.9. The Labute approximate surface area is 158 Å². The Morgan fingerprint density at radius 1 is 1.00 bits per heavy atom. The van der Waals surface area contributed by atoms with Gasteiger partial charge < -0.3 is 18.9 Å². The fourth-order valence-electron chi connectivity index (χ4n) is 3.34. The molecule has 0 N–H and O–H groups in total. The quantitative estimate of drug-likeness (QED) is 0.733. The van der Waals surface area contributed by atoms with Crippen molar-refractivity contribution < 1.29 is 28.5 Å². The fraction of sp³-hybridized carbons (Fsp3) is 0.429. The monoisotopic (exact) mass is 372 g/mol. The van der Waals surface area contributed by atoms with Gasteiger partial charge in [-0.1, -0.05) is 30.3 Å². The minimum atomic E-state index is -0.953. The number of rotatable bonds is 5. The molecule has 0 saturated carbocycles. The van der Waals surface area contributed by atoms with E-state index in [1.54, 1.807) is 20.8 Å². The highest BCUT2D eigenvalue weighted by Gasteiger charge is 2.47. The Balaban J connectivity index is 1.64. The van der Waals surface area contributed by atoms with Crippen molar-refractivity contribution in [2.45, 2.75) is 52.4 Å². The van der Waals surface area contributed by atoms with Crippen molar-refractivity contribution in [3.8, 4) is 0 Å². The maximum atomic E-state index is 12.5. The van der Waals surface area contributed by atoms with Crippen molar-refractivity contribution in [1.82, 2.24) is 0 Å². The van der Waals surface area contributed by atoms with Gasteiger partial charge in [0.05, 0.1) is 24.2 Å². The minimum Gasteiger partial charge on any atom is -0.463 e. The molecule has 2 heterocycles. The molecule has 2 aliphatic rings. The average molecular weight is 372 g/mol. The summed E-state index contributed by atoms with van der Waals surface area (Å²) in [7, 11) is 0. The van der Waals surface area contributed by atoms with Gasteiger partial charge in [-0.05, 0) is 32.8 Å². The maximum Gasteiger partial charge on any atom is 0.338 e. The lowest BCUT2D eigenvalue weighted by molar-refractivity contribution is -0.189. The normalized spacial score (nSPS) is 21.7. The molecule has 1 unspecified atom stereocenters. The van der Waals surface area contributed by atoms with E-state index in [1.165, 1.54) is 0 Å². The molecular weight excluding hydrogens is 348 g/mol. The first-order valence-corrected chi connectivity index (χ1v) is 9.10. The van der Waals surface area contributed by atoms with Crippen molar-refractivity contribution in [1.29, 1.82) is 0 Å². The van der Waals surface area contributed by atoms with Crippen LogP contribution in [-0.2, 0) is 35.1 Å². The van der Waals surface area contributed by atoms with Crippen LogP contribution in [0.15, 0.2) is 53.0 Å². The third-order valence-electron chi connectivity index (χ3n) is 4.71. The number of hydrogen-bond donors (Lipinski definition) is 0. The van der Waals surface area contributed by atoms with Crippen LogP contribution in [0.4, 0.5) is 0 Å². The average Bonchev–Trinajstić information content (AvgIpc) is 2.96. The topological polar surface area (TPSA) is 71.1 Å². The zero-order valence-electron chi connectivity index (χ0n) is 15.9. The minimum absolute atomic E-state index is 0.205. The van der Waals surface area contributed by atoms with Gasteiger partial charge in [0.1, 0.15) is 18.1 Å². The molecule has 0 amide bonds. The van der Waals surface area contributed by atoms with Gasteiger partial charge in [-0.15, -0.1) is 0 Å². The third kappa shape index (κ3) is 4.15. The molecule has 6 nitrogen and oxygen atoms in total. The fourth-order valence-corrected chi connectivity index (χ4v) is 3.34. The molecule has 1 atom stereocenters. The van der Waals surface area contributed by atoms with Crippen molar-refractivity contribution in [2.75, 3.05) is 6.61 Å². The molecule has 27 heavy (non-hydrogen) atoms. The summed E-state index contributed by atoms with van der Waals surface area (Å²) in [6.45, 7) is 5.74. The van der Waals surface area contributed by atoms with Crippen molar-refractivity contribution in [2.24, 2.45) is 0 Å². The second-order valence-electron chi connectivity index (χ2n) is 6.64. The number of esters is 2. The van der Waals surface area contributed by atoms with Crippen LogP contribution in [0, 0.1) is 0 Å². The van der Waals surface area contributed by atoms with E-state index in [4.69, 9.17) is 18.9 Å². The highest BCUT2D eigenvalue weighted by Crippen LogP contribution is 2.44. The molecule has 2 aliphatic heterocycles. The summed E-state index contributed by atoms with van der Waals surface area (Å²) in [5.41, 5.74) is 1.91. The predicted molar refractivity (Wildman–Crippen MR) is 97.0 cm³/mol. The predicted octanol–water partition coefficient (Wildman–Crippen LogP) is 3.77. The molecule has 144 valence electrons. The van der Waals surface area contributed by atoms with Gasteiger partial charge in [0.15, 0.2) is 0 Å². The number of benzene rings is 1. The van der Waals surface area contributed by atoms with Crippen LogP contribution < -0.4 is 0 Å². The lowest BCUT2D eigenvalue weighted by Crippen LogP contribution is -2.36. The standard InChI is InChI=1S/C21H24O6/c1-4-24-19(22)17-10-11-21(26-14(17)2)12-18(15(3)27-21)20(23)25-13-16-8-6-5-7-9-16/h5-9H,4,10-13H2,1-3H3. The van der Waals surface area contributed by atoms with E-state index in [1.807, 2.05) is 30.3 Å². The molecule has 0 aromatic heterocycles. The first-order valence-electron chi connectivity index (χ1n) is 9.10. The Hall–Kier alpha value is -2.76. The summed E-state index contributed by atoms with van der Waals surface area (Å²) in [5, 5.41) is 0. The van der Waals surface area contributed by atoms with E-state index < -0.39 is 11.8 Å². The number of allylic oxidation sites excluding steroid dienone is 2. The molecule has 0 saturated heterocycles. The Kier molecular flexibility index (Phi) is 5.54. The molecule has 0 fully saturated rings. The van der Waals surface area contributed by atoms with E-state index in [9.17, 15) is 9.59 Å². The zero-order chi connectivity index (χ0) is 19.4. The molecule has 6 heteroatoms. The lowest BCUT2D eigenvalue weighted by atomic mass is 9.96. The van der Waals surface area contributed by atoms with Gasteiger partial charge in [0.25, 0.3) is 5.79 Å². The van der Waals surface area contributed by atoms with Crippen LogP contribution >= 0.6 is 0 Å². The summed E-state index contributed by atoms with van der Waals surface area (Å²) in [5.74, 6) is -0.748. The van der Waals surface area contributed by atoms with E-state index >= 15 is 0 Å². The van der Waals surface area contributed by atoms with Crippen LogP contribution in [0.5, 0.6) is 0 Å². The van der Waals surface area contributed by atoms with Crippen molar-refractivity contribution >= 4 is 11.9 Å². The van der Waals surface area contributed by atoms with Crippen molar-refractivity contribution in [3.05, 3.63) is 58.6 Å². The van der Waals surface area contributed by atoms with Gasteiger partial charge in [-0.25, -0.2) is 9.59 Å². The van der Waals surface area contributed by atoms with Gasteiger partial charge >= 0.3 is 11.9 Å². The third-order valence-corrected chi connectivity index (χ3v) is 4.71. The Morgan fingerprint density at radius 3 is 2.26 bits per heavy atom. The van der Waals surface area contributed by atoms with Gasteiger partial charge in [0.2, 0.25) is 0 Å². The van der Waals surface area contributed by atoms with Gasteiger partial charge in [-0.2, -0.15) is 0 Å². The molecular formula is C21H24O6. The maximum absolute atomic E-state index is 12.5. The largest absolute Gasteiger partial charge is 0.463 e. The first kappa shape index (κ1) is 19.0. The van der Waals surface area contributed by atoms with Crippen LogP contribution in [0.3, 0.4) is 0 Å². The summed E-state index contributed by atoms with van der Waals surface area (Å²) in [6.07, 6.45) is 1.23. The summed E-state index contributed by atoms with van der Waals surface area (Å²) in [6, 6.07) is 9.50. The molecule has 0 bridgehead atoms.